The van der Waals surface area contributed by atoms with Gasteiger partial charge in [0.25, 0.3) is 0 Å². The lowest BCUT2D eigenvalue weighted by Gasteiger charge is -2.24. The molecule has 2 aromatic rings. The van der Waals surface area contributed by atoms with Crippen LogP contribution in [0.4, 0.5) is 10.1 Å². The Morgan fingerprint density at radius 3 is 2.52 bits per heavy atom. The zero-order chi connectivity index (χ0) is 21.1. The first-order valence-electron chi connectivity index (χ1n) is 9.26. The van der Waals surface area contributed by atoms with E-state index in [0.29, 0.717) is 18.5 Å². The van der Waals surface area contributed by atoms with E-state index in [1.165, 1.54) is 13.3 Å². The lowest BCUT2D eigenvalue weighted by molar-refractivity contribution is 0.0694. The highest BCUT2D eigenvalue weighted by Gasteiger charge is 2.35. The van der Waals surface area contributed by atoms with Gasteiger partial charge in [-0.2, -0.15) is 0 Å². The number of pyridine rings is 1. The Bertz CT molecular complexity index is 1190. The van der Waals surface area contributed by atoms with Gasteiger partial charge in [0.1, 0.15) is 11.3 Å². The van der Waals surface area contributed by atoms with Crippen LogP contribution in [0.3, 0.4) is 0 Å². The minimum atomic E-state index is -3.28. The van der Waals surface area contributed by atoms with Crippen LogP contribution in [0.15, 0.2) is 17.1 Å². The SMILES string of the molecule is COc1c(N2CCC(S(C)(=O)=O)C2)c(F)cc2c(=O)c(C(=O)O)cn(C3CC3)c12. The zero-order valence-electron chi connectivity index (χ0n) is 16.0. The molecule has 156 valence electrons. The molecule has 0 bridgehead atoms. The van der Waals surface area contributed by atoms with Gasteiger partial charge in [0.05, 0.1) is 23.3 Å². The van der Waals surface area contributed by atoms with E-state index < -0.39 is 37.9 Å². The molecule has 1 unspecified atom stereocenters. The van der Waals surface area contributed by atoms with Gasteiger partial charge in [-0.15, -0.1) is 0 Å². The number of fused-ring (bicyclic) bond motifs is 1. The number of halogens is 1. The number of nitrogens with zero attached hydrogens (tertiary/aromatic N) is 2. The normalized spacial score (nSPS) is 19.7. The molecule has 1 aromatic heterocycles. The van der Waals surface area contributed by atoms with Gasteiger partial charge in [-0.25, -0.2) is 17.6 Å². The first-order valence-corrected chi connectivity index (χ1v) is 11.2. The molecule has 1 aliphatic heterocycles. The largest absolute Gasteiger partial charge is 0.492 e. The molecule has 1 aliphatic carbocycles. The van der Waals surface area contributed by atoms with Crippen molar-refractivity contribution in [1.82, 2.24) is 4.57 Å². The number of hydrogen-bond acceptors (Lipinski definition) is 6. The van der Waals surface area contributed by atoms with E-state index in [9.17, 15) is 23.1 Å². The summed E-state index contributed by atoms with van der Waals surface area (Å²) in [6, 6.07) is 1.04. The number of aromatic nitrogens is 1. The molecule has 2 aliphatic rings. The molecule has 0 radical (unpaired) electrons. The molecule has 1 saturated carbocycles. The summed E-state index contributed by atoms with van der Waals surface area (Å²) in [5.74, 6) is -1.99. The van der Waals surface area contributed by atoms with E-state index in [1.54, 1.807) is 9.47 Å². The average Bonchev–Trinajstić information content (AvgIpc) is 3.36. The van der Waals surface area contributed by atoms with E-state index >= 15 is 4.39 Å². The van der Waals surface area contributed by atoms with E-state index in [0.717, 1.165) is 25.2 Å². The summed E-state index contributed by atoms with van der Waals surface area (Å²) in [4.78, 5) is 25.8. The van der Waals surface area contributed by atoms with Gasteiger partial charge in [0, 0.05) is 31.6 Å². The van der Waals surface area contributed by atoms with Gasteiger partial charge in [-0.05, 0) is 25.3 Å². The maximum atomic E-state index is 15.1. The third kappa shape index (κ3) is 3.25. The highest BCUT2D eigenvalue weighted by Crippen LogP contribution is 2.44. The van der Waals surface area contributed by atoms with Crippen molar-refractivity contribution in [2.75, 3.05) is 31.4 Å². The predicted octanol–water partition coefficient (Wildman–Crippen LogP) is 1.81. The third-order valence-corrected chi connectivity index (χ3v) is 7.24. The molecule has 1 atom stereocenters. The summed E-state index contributed by atoms with van der Waals surface area (Å²) in [6.45, 7) is 0.454. The molecule has 2 fully saturated rings. The van der Waals surface area contributed by atoms with Crippen LogP contribution in [0.5, 0.6) is 5.75 Å². The number of carboxylic acids is 1. The fourth-order valence-electron chi connectivity index (χ4n) is 4.00. The summed E-state index contributed by atoms with van der Waals surface area (Å²) in [7, 11) is -1.92. The number of anilines is 1. The Morgan fingerprint density at radius 2 is 2.00 bits per heavy atom. The van der Waals surface area contributed by atoms with Gasteiger partial charge in [0.15, 0.2) is 21.4 Å². The van der Waals surface area contributed by atoms with Crippen molar-refractivity contribution in [1.29, 1.82) is 0 Å². The number of ether oxygens (including phenoxy) is 1. The van der Waals surface area contributed by atoms with Crippen molar-refractivity contribution in [3.8, 4) is 5.75 Å². The number of rotatable bonds is 5. The second-order valence-electron chi connectivity index (χ2n) is 7.64. The molecule has 1 aromatic carbocycles. The average molecular weight is 424 g/mol. The van der Waals surface area contributed by atoms with E-state index in [-0.39, 0.29) is 29.4 Å². The molecule has 0 spiro atoms. The van der Waals surface area contributed by atoms with Gasteiger partial charge in [-0.1, -0.05) is 0 Å². The molecular formula is C19H21FN2O6S. The molecule has 2 heterocycles. The van der Waals surface area contributed by atoms with Gasteiger partial charge in [-0.3, -0.25) is 4.79 Å². The second-order valence-corrected chi connectivity index (χ2v) is 9.96. The van der Waals surface area contributed by atoms with Crippen LogP contribution in [0.1, 0.15) is 35.7 Å². The van der Waals surface area contributed by atoms with Crippen LogP contribution >= 0.6 is 0 Å². The van der Waals surface area contributed by atoms with E-state index in [1.807, 2.05) is 0 Å². The maximum Gasteiger partial charge on any atom is 0.341 e. The van der Waals surface area contributed by atoms with Crippen LogP contribution in [-0.2, 0) is 9.84 Å². The summed E-state index contributed by atoms with van der Waals surface area (Å²) in [5, 5.41) is 8.71. The minimum Gasteiger partial charge on any atom is -0.492 e. The van der Waals surface area contributed by atoms with Crippen LogP contribution in [0.25, 0.3) is 10.9 Å². The quantitative estimate of drug-likeness (QED) is 0.780. The highest BCUT2D eigenvalue weighted by molar-refractivity contribution is 7.91. The Kier molecular flexibility index (Phi) is 4.56. The molecular weight excluding hydrogens is 403 g/mol. The number of benzene rings is 1. The fraction of sp³-hybridized carbons (Fsp3) is 0.474. The number of hydrogen-bond donors (Lipinski definition) is 1. The van der Waals surface area contributed by atoms with Crippen molar-refractivity contribution in [3.63, 3.8) is 0 Å². The zero-order valence-corrected chi connectivity index (χ0v) is 16.8. The van der Waals surface area contributed by atoms with Crippen molar-refractivity contribution in [2.45, 2.75) is 30.6 Å². The highest BCUT2D eigenvalue weighted by atomic mass is 32.2. The number of sulfone groups is 1. The van der Waals surface area contributed by atoms with Crippen molar-refractivity contribution >= 4 is 32.4 Å². The Labute approximate surface area is 166 Å². The van der Waals surface area contributed by atoms with Gasteiger partial charge in [0.2, 0.25) is 5.43 Å². The van der Waals surface area contributed by atoms with Crippen molar-refractivity contribution < 1.29 is 27.4 Å². The summed E-state index contributed by atoms with van der Waals surface area (Å²) in [5.41, 5.74) is -0.757. The molecule has 1 N–H and O–H groups in total. The maximum absolute atomic E-state index is 15.1. The van der Waals surface area contributed by atoms with Crippen LogP contribution in [-0.4, -0.2) is 55.8 Å². The monoisotopic (exact) mass is 424 g/mol. The Morgan fingerprint density at radius 1 is 1.31 bits per heavy atom. The fourth-order valence-corrected chi connectivity index (χ4v) is 4.99. The molecule has 1 saturated heterocycles. The van der Waals surface area contributed by atoms with E-state index in [4.69, 9.17) is 4.74 Å². The predicted molar refractivity (Wildman–Crippen MR) is 105 cm³/mol. The lowest BCUT2D eigenvalue weighted by atomic mass is 10.1. The Balaban J connectivity index is 1.97. The first-order chi connectivity index (χ1) is 13.6. The smallest absolute Gasteiger partial charge is 0.341 e. The van der Waals surface area contributed by atoms with E-state index in [2.05, 4.69) is 0 Å². The number of carboxylic acid groups (broad SMARTS) is 1. The number of methoxy groups -OCH3 is 1. The molecule has 4 rings (SSSR count). The lowest BCUT2D eigenvalue weighted by Crippen LogP contribution is -2.27. The summed E-state index contributed by atoms with van der Waals surface area (Å²) in [6.07, 6.45) is 4.44. The van der Waals surface area contributed by atoms with Crippen molar-refractivity contribution in [2.24, 2.45) is 0 Å². The van der Waals surface area contributed by atoms with Crippen LogP contribution < -0.4 is 15.1 Å². The van der Waals surface area contributed by atoms with Gasteiger partial charge >= 0.3 is 5.97 Å². The summed E-state index contributed by atoms with van der Waals surface area (Å²) < 4.78 is 46.1. The van der Waals surface area contributed by atoms with Crippen LogP contribution in [0.2, 0.25) is 0 Å². The topological polar surface area (TPSA) is 106 Å². The first kappa shape index (κ1) is 19.7. The minimum absolute atomic E-state index is 0.00533. The van der Waals surface area contributed by atoms with Crippen LogP contribution in [0, 0.1) is 5.82 Å². The number of carbonyl (C=O) groups is 1. The standard InChI is InChI=1S/C19H21FN2O6S/c1-28-18-15-12(17(23)13(19(24)25)9-22(15)10-3-4-10)7-14(20)16(18)21-6-5-11(8-21)29(2,26)27/h7,9-11H,3-6,8H2,1-2H3,(H,24,25). The van der Waals surface area contributed by atoms with Gasteiger partial charge < -0.3 is 19.3 Å². The Hall–Kier alpha value is -2.62. The molecule has 29 heavy (non-hydrogen) atoms. The second kappa shape index (κ2) is 6.72. The third-order valence-electron chi connectivity index (χ3n) is 5.64. The summed E-state index contributed by atoms with van der Waals surface area (Å²) >= 11 is 0. The number of aromatic carboxylic acids is 1. The molecule has 8 nitrogen and oxygen atoms in total. The molecule has 0 amide bonds. The molecule has 10 heteroatoms. The van der Waals surface area contributed by atoms with Crippen molar-refractivity contribution in [3.05, 3.63) is 33.9 Å².